The summed E-state index contributed by atoms with van der Waals surface area (Å²) in [4.78, 5) is 14.7. The molecule has 0 aliphatic rings. The van der Waals surface area contributed by atoms with Crippen LogP contribution in [0.5, 0.6) is 5.75 Å². The first-order chi connectivity index (χ1) is 7.15. The minimum atomic E-state index is -1.05. The van der Waals surface area contributed by atoms with Crippen molar-refractivity contribution in [3.05, 3.63) is 23.5 Å². The molecule has 0 aliphatic carbocycles. The third-order valence-electron chi connectivity index (χ3n) is 1.78. The van der Waals surface area contributed by atoms with E-state index in [-0.39, 0.29) is 5.56 Å². The molecule has 0 aromatic carbocycles. The zero-order chi connectivity index (χ0) is 11.3. The number of aromatic nitrogens is 1. The second-order valence-electron chi connectivity index (χ2n) is 2.97. The van der Waals surface area contributed by atoms with Gasteiger partial charge in [-0.3, -0.25) is 4.98 Å². The molecule has 0 saturated carbocycles. The fourth-order valence-corrected chi connectivity index (χ4v) is 1.05. The van der Waals surface area contributed by atoms with Gasteiger partial charge in [0, 0.05) is 25.1 Å². The average Bonchev–Trinajstić information content (AvgIpc) is 2.18. The molecule has 0 atom stereocenters. The third kappa shape index (κ3) is 3.21. The minimum absolute atomic E-state index is 0.0664. The molecule has 0 saturated heterocycles. The number of carboxylic acids is 1. The van der Waals surface area contributed by atoms with Crippen LogP contribution in [0.1, 0.15) is 16.1 Å². The molecule has 0 fully saturated rings. The SMILES string of the molecule is COCCOc1cc(C)ncc1C(=O)O. The molecular formula is C10H13NO4. The zero-order valence-corrected chi connectivity index (χ0v) is 8.69. The van der Waals surface area contributed by atoms with Gasteiger partial charge >= 0.3 is 5.97 Å². The van der Waals surface area contributed by atoms with Gasteiger partial charge in [-0.05, 0) is 6.92 Å². The summed E-state index contributed by atoms with van der Waals surface area (Å²) in [6.45, 7) is 2.51. The molecule has 0 spiro atoms. The van der Waals surface area contributed by atoms with E-state index in [1.807, 2.05) is 0 Å². The molecule has 0 unspecified atom stereocenters. The Balaban J connectivity index is 2.82. The van der Waals surface area contributed by atoms with Crippen LogP contribution < -0.4 is 4.74 Å². The summed E-state index contributed by atoms with van der Waals surface area (Å²) in [7, 11) is 1.55. The molecule has 0 radical (unpaired) electrons. The van der Waals surface area contributed by atoms with Crippen molar-refractivity contribution in [1.29, 1.82) is 0 Å². The smallest absolute Gasteiger partial charge is 0.341 e. The summed E-state index contributed by atoms with van der Waals surface area (Å²) >= 11 is 0. The van der Waals surface area contributed by atoms with Gasteiger partial charge in [-0.1, -0.05) is 0 Å². The van der Waals surface area contributed by atoms with Gasteiger partial charge in [-0.15, -0.1) is 0 Å². The standard InChI is InChI=1S/C10H13NO4/c1-7-5-9(15-4-3-14-2)8(6-11-7)10(12)13/h5-6H,3-4H2,1-2H3,(H,12,13). The van der Waals surface area contributed by atoms with E-state index in [2.05, 4.69) is 4.98 Å². The van der Waals surface area contributed by atoms with E-state index < -0.39 is 5.97 Å². The number of nitrogens with zero attached hydrogens (tertiary/aromatic N) is 1. The first-order valence-electron chi connectivity index (χ1n) is 4.47. The first kappa shape index (κ1) is 11.5. The molecule has 0 aliphatic heterocycles. The lowest BCUT2D eigenvalue weighted by Crippen LogP contribution is -2.09. The number of aromatic carboxylic acids is 1. The molecular weight excluding hydrogens is 198 g/mol. The molecule has 0 amide bonds. The molecule has 5 nitrogen and oxygen atoms in total. The second kappa shape index (κ2) is 5.31. The lowest BCUT2D eigenvalue weighted by molar-refractivity contribution is 0.0689. The Morgan fingerprint density at radius 2 is 2.27 bits per heavy atom. The number of pyridine rings is 1. The highest BCUT2D eigenvalue weighted by Crippen LogP contribution is 2.18. The van der Waals surface area contributed by atoms with Crippen LogP contribution in [0.3, 0.4) is 0 Å². The molecule has 15 heavy (non-hydrogen) atoms. The number of carbonyl (C=O) groups is 1. The predicted octanol–water partition coefficient (Wildman–Crippen LogP) is 1.11. The van der Waals surface area contributed by atoms with Gasteiger partial charge < -0.3 is 14.6 Å². The number of rotatable bonds is 5. The van der Waals surface area contributed by atoms with Crippen LogP contribution >= 0.6 is 0 Å². The lowest BCUT2D eigenvalue weighted by Gasteiger charge is -2.08. The van der Waals surface area contributed by atoms with Gasteiger partial charge in [-0.2, -0.15) is 0 Å². The Labute approximate surface area is 87.7 Å². The van der Waals surface area contributed by atoms with E-state index in [9.17, 15) is 4.79 Å². The number of hydrogen-bond acceptors (Lipinski definition) is 4. The van der Waals surface area contributed by atoms with Crippen LogP contribution in [-0.4, -0.2) is 36.4 Å². The van der Waals surface area contributed by atoms with E-state index in [0.717, 1.165) is 0 Å². The lowest BCUT2D eigenvalue weighted by atomic mass is 10.2. The Morgan fingerprint density at radius 1 is 1.53 bits per heavy atom. The van der Waals surface area contributed by atoms with Crippen molar-refractivity contribution in [2.24, 2.45) is 0 Å². The van der Waals surface area contributed by atoms with Crippen LogP contribution in [0.2, 0.25) is 0 Å². The number of ether oxygens (including phenoxy) is 2. The number of aryl methyl sites for hydroxylation is 1. The monoisotopic (exact) mass is 211 g/mol. The summed E-state index contributed by atoms with van der Waals surface area (Å²) in [6, 6.07) is 1.60. The van der Waals surface area contributed by atoms with Gasteiger partial charge in [0.1, 0.15) is 17.9 Å². The van der Waals surface area contributed by atoms with Crippen LogP contribution in [0.15, 0.2) is 12.3 Å². The molecule has 0 bridgehead atoms. The van der Waals surface area contributed by atoms with Crippen molar-refractivity contribution in [2.75, 3.05) is 20.3 Å². The number of methoxy groups -OCH3 is 1. The van der Waals surface area contributed by atoms with E-state index in [1.165, 1.54) is 6.20 Å². The highest BCUT2D eigenvalue weighted by molar-refractivity contribution is 5.90. The van der Waals surface area contributed by atoms with Gasteiger partial charge in [0.25, 0.3) is 0 Å². The molecule has 1 rings (SSSR count). The van der Waals surface area contributed by atoms with Crippen molar-refractivity contribution in [3.63, 3.8) is 0 Å². The van der Waals surface area contributed by atoms with Crippen LogP contribution in [0, 0.1) is 6.92 Å². The van der Waals surface area contributed by atoms with Crippen LogP contribution in [-0.2, 0) is 4.74 Å². The summed E-state index contributed by atoms with van der Waals surface area (Å²) in [5.74, 6) is -0.720. The van der Waals surface area contributed by atoms with E-state index >= 15 is 0 Å². The van der Waals surface area contributed by atoms with Crippen molar-refractivity contribution in [2.45, 2.75) is 6.92 Å². The van der Waals surface area contributed by atoms with E-state index in [1.54, 1.807) is 20.1 Å². The van der Waals surface area contributed by atoms with Gasteiger partial charge in [0.05, 0.1) is 6.61 Å². The predicted molar refractivity (Wildman–Crippen MR) is 53.3 cm³/mol. The van der Waals surface area contributed by atoms with Crippen molar-refractivity contribution < 1.29 is 19.4 Å². The van der Waals surface area contributed by atoms with Crippen molar-refractivity contribution in [1.82, 2.24) is 4.98 Å². The highest BCUT2D eigenvalue weighted by Gasteiger charge is 2.11. The zero-order valence-electron chi connectivity index (χ0n) is 8.69. The first-order valence-corrected chi connectivity index (χ1v) is 4.47. The summed E-state index contributed by atoms with van der Waals surface area (Å²) in [5, 5.41) is 8.86. The highest BCUT2D eigenvalue weighted by atomic mass is 16.5. The van der Waals surface area contributed by atoms with Crippen molar-refractivity contribution >= 4 is 5.97 Å². The molecule has 1 heterocycles. The van der Waals surface area contributed by atoms with Crippen LogP contribution in [0.4, 0.5) is 0 Å². The van der Waals surface area contributed by atoms with Gasteiger partial charge in [0.2, 0.25) is 0 Å². The Hall–Kier alpha value is -1.62. The maximum atomic E-state index is 10.8. The van der Waals surface area contributed by atoms with E-state index in [0.29, 0.717) is 24.7 Å². The Kier molecular flexibility index (Phi) is 4.05. The molecule has 1 aromatic heterocycles. The Morgan fingerprint density at radius 3 is 2.87 bits per heavy atom. The third-order valence-corrected chi connectivity index (χ3v) is 1.78. The number of hydrogen-bond donors (Lipinski definition) is 1. The number of carboxylic acid groups (broad SMARTS) is 1. The van der Waals surface area contributed by atoms with Crippen molar-refractivity contribution in [3.8, 4) is 5.75 Å². The fraction of sp³-hybridized carbons (Fsp3) is 0.400. The summed E-state index contributed by atoms with van der Waals surface area (Å²) in [6.07, 6.45) is 1.29. The maximum Gasteiger partial charge on any atom is 0.341 e. The summed E-state index contributed by atoms with van der Waals surface area (Å²) < 4.78 is 10.1. The topological polar surface area (TPSA) is 68.7 Å². The van der Waals surface area contributed by atoms with Gasteiger partial charge in [0.15, 0.2) is 0 Å². The molecule has 5 heteroatoms. The van der Waals surface area contributed by atoms with E-state index in [4.69, 9.17) is 14.6 Å². The molecule has 1 aromatic rings. The largest absolute Gasteiger partial charge is 0.490 e. The molecule has 1 N–H and O–H groups in total. The average molecular weight is 211 g/mol. The Bertz CT molecular complexity index is 351. The fourth-order valence-electron chi connectivity index (χ4n) is 1.05. The van der Waals surface area contributed by atoms with Gasteiger partial charge in [-0.25, -0.2) is 4.79 Å². The quantitative estimate of drug-likeness (QED) is 0.739. The normalized spacial score (nSPS) is 10.0. The van der Waals surface area contributed by atoms with Crippen LogP contribution in [0.25, 0.3) is 0 Å². The second-order valence-corrected chi connectivity index (χ2v) is 2.97. The molecule has 82 valence electrons. The maximum absolute atomic E-state index is 10.8. The summed E-state index contributed by atoms with van der Waals surface area (Å²) in [5.41, 5.74) is 0.782. The minimum Gasteiger partial charge on any atom is -0.490 e.